The Bertz CT molecular complexity index is 462. The molecular formula is C16H27NO5. The zero-order valence-electron chi connectivity index (χ0n) is 14.6. The van der Waals surface area contributed by atoms with Crippen LogP contribution in [0.1, 0.15) is 48.5 Å². The van der Waals surface area contributed by atoms with E-state index in [1.807, 2.05) is 20.8 Å². The molecule has 6 heteroatoms. The average molecular weight is 313 g/mol. The van der Waals surface area contributed by atoms with Crippen LogP contribution in [-0.4, -0.2) is 47.5 Å². The van der Waals surface area contributed by atoms with Gasteiger partial charge in [0.25, 0.3) is 0 Å². The fraction of sp³-hybridized carbons (Fsp3) is 0.750. The molecule has 0 bridgehead atoms. The molecule has 0 aromatic heterocycles. The predicted molar refractivity (Wildman–Crippen MR) is 82.3 cm³/mol. The standard InChI is InChI=1S/C16H27NO5/c1-8-20-13(18)11(2)9-12-10-21-16(6,7)17(12)14(19)22-15(3,4)5/h9,12H,8,10H2,1-7H3/b11-9+. The second-order valence-electron chi connectivity index (χ2n) is 6.75. The van der Waals surface area contributed by atoms with Crippen molar-refractivity contribution in [2.45, 2.75) is 65.8 Å². The lowest BCUT2D eigenvalue weighted by atomic mass is 10.1. The maximum Gasteiger partial charge on any atom is 0.413 e. The van der Waals surface area contributed by atoms with Gasteiger partial charge in [-0.05, 0) is 54.5 Å². The molecule has 1 atom stereocenters. The third kappa shape index (κ3) is 4.73. The van der Waals surface area contributed by atoms with Gasteiger partial charge >= 0.3 is 12.1 Å². The van der Waals surface area contributed by atoms with Gasteiger partial charge in [0.2, 0.25) is 0 Å². The van der Waals surface area contributed by atoms with Crippen LogP contribution in [0.25, 0.3) is 0 Å². The Kier molecular flexibility index (Phi) is 5.62. The molecule has 0 N–H and O–H groups in total. The third-order valence-electron chi connectivity index (χ3n) is 3.15. The summed E-state index contributed by atoms with van der Waals surface area (Å²) in [7, 11) is 0. The number of rotatable bonds is 3. The molecule has 0 aromatic carbocycles. The second kappa shape index (κ2) is 6.69. The van der Waals surface area contributed by atoms with Crippen molar-refractivity contribution in [1.82, 2.24) is 4.90 Å². The molecule has 1 saturated heterocycles. The summed E-state index contributed by atoms with van der Waals surface area (Å²) < 4.78 is 16.1. The van der Waals surface area contributed by atoms with Crippen LogP contribution >= 0.6 is 0 Å². The molecule has 0 spiro atoms. The number of esters is 1. The second-order valence-corrected chi connectivity index (χ2v) is 6.75. The highest BCUT2D eigenvalue weighted by molar-refractivity contribution is 5.88. The van der Waals surface area contributed by atoms with Gasteiger partial charge in [0.15, 0.2) is 0 Å². The summed E-state index contributed by atoms with van der Waals surface area (Å²) in [5, 5.41) is 0. The van der Waals surface area contributed by atoms with Gasteiger partial charge in [0, 0.05) is 5.57 Å². The maximum absolute atomic E-state index is 12.4. The fourth-order valence-corrected chi connectivity index (χ4v) is 2.22. The molecule has 0 radical (unpaired) electrons. The largest absolute Gasteiger partial charge is 0.463 e. The van der Waals surface area contributed by atoms with Crippen molar-refractivity contribution in [3.8, 4) is 0 Å². The molecule has 1 aliphatic heterocycles. The van der Waals surface area contributed by atoms with E-state index >= 15 is 0 Å². The molecule has 1 fully saturated rings. The van der Waals surface area contributed by atoms with Crippen molar-refractivity contribution in [3.05, 3.63) is 11.6 Å². The average Bonchev–Trinajstić information content (AvgIpc) is 2.62. The maximum atomic E-state index is 12.4. The van der Waals surface area contributed by atoms with Crippen LogP contribution in [0.2, 0.25) is 0 Å². The molecule has 1 aliphatic rings. The van der Waals surface area contributed by atoms with Gasteiger partial charge in [-0.3, -0.25) is 4.90 Å². The summed E-state index contributed by atoms with van der Waals surface area (Å²) in [4.78, 5) is 25.7. The number of nitrogens with zero attached hydrogens (tertiary/aromatic N) is 1. The van der Waals surface area contributed by atoms with Gasteiger partial charge < -0.3 is 14.2 Å². The normalized spacial score (nSPS) is 21.7. The molecule has 1 unspecified atom stereocenters. The zero-order valence-corrected chi connectivity index (χ0v) is 14.6. The highest BCUT2D eigenvalue weighted by Crippen LogP contribution is 2.30. The van der Waals surface area contributed by atoms with E-state index in [2.05, 4.69) is 0 Å². The minimum Gasteiger partial charge on any atom is -0.463 e. The molecular weight excluding hydrogens is 286 g/mol. The molecule has 0 aliphatic carbocycles. The van der Waals surface area contributed by atoms with Crippen molar-refractivity contribution in [2.24, 2.45) is 0 Å². The van der Waals surface area contributed by atoms with E-state index in [4.69, 9.17) is 14.2 Å². The van der Waals surface area contributed by atoms with Crippen LogP contribution in [0.15, 0.2) is 11.6 Å². The Morgan fingerprint density at radius 1 is 1.36 bits per heavy atom. The summed E-state index contributed by atoms with van der Waals surface area (Å²) in [5.41, 5.74) is -0.944. The van der Waals surface area contributed by atoms with E-state index in [0.29, 0.717) is 18.8 Å². The number of ether oxygens (including phenoxy) is 3. The van der Waals surface area contributed by atoms with Crippen molar-refractivity contribution in [2.75, 3.05) is 13.2 Å². The Labute approximate surface area is 132 Å². The summed E-state index contributed by atoms with van der Waals surface area (Å²) in [6.45, 7) is 13.1. The van der Waals surface area contributed by atoms with Gasteiger partial charge in [-0.25, -0.2) is 9.59 Å². The Balaban J connectivity index is 2.97. The van der Waals surface area contributed by atoms with Crippen LogP contribution < -0.4 is 0 Å². The summed E-state index contributed by atoms with van der Waals surface area (Å²) in [6, 6.07) is -0.366. The molecule has 0 aromatic rings. The lowest BCUT2D eigenvalue weighted by Gasteiger charge is -2.34. The highest BCUT2D eigenvalue weighted by Gasteiger charge is 2.45. The van der Waals surface area contributed by atoms with Gasteiger partial charge in [-0.2, -0.15) is 0 Å². The van der Waals surface area contributed by atoms with E-state index in [0.717, 1.165) is 0 Å². The van der Waals surface area contributed by atoms with Gasteiger partial charge in [0.1, 0.15) is 11.3 Å². The molecule has 0 saturated carbocycles. The van der Waals surface area contributed by atoms with Crippen LogP contribution in [-0.2, 0) is 19.0 Å². The first-order valence-corrected chi connectivity index (χ1v) is 7.49. The number of carbonyl (C=O) groups is 2. The molecule has 1 heterocycles. The smallest absolute Gasteiger partial charge is 0.413 e. The highest BCUT2D eigenvalue weighted by atomic mass is 16.6. The Morgan fingerprint density at radius 3 is 2.45 bits per heavy atom. The fourth-order valence-electron chi connectivity index (χ4n) is 2.22. The van der Waals surface area contributed by atoms with Crippen molar-refractivity contribution in [1.29, 1.82) is 0 Å². The van der Waals surface area contributed by atoms with Crippen molar-refractivity contribution < 1.29 is 23.8 Å². The molecule has 1 rings (SSSR count). The third-order valence-corrected chi connectivity index (χ3v) is 3.15. The number of hydrogen-bond donors (Lipinski definition) is 0. The Hall–Kier alpha value is -1.56. The molecule has 6 nitrogen and oxygen atoms in total. The predicted octanol–water partition coefficient (Wildman–Crippen LogP) is 2.87. The Morgan fingerprint density at radius 2 is 1.95 bits per heavy atom. The lowest BCUT2D eigenvalue weighted by molar-refractivity contribution is -0.138. The van der Waals surface area contributed by atoms with Gasteiger partial charge in [0.05, 0.1) is 19.3 Å². The van der Waals surface area contributed by atoms with E-state index < -0.39 is 23.4 Å². The van der Waals surface area contributed by atoms with Crippen molar-refractivity contribution in [3.63, 3.8) is 0 Å². The van der Waals surface area contributed by atoms with E-state index in [1.165, 1.54) is 4.90 Å². The van der Waals surface area contributed by atoms with E-state index in [9.17, 15) is 9.59 Å². The van der Waals surface area contributed by atoms with Crippen molar-refractivity contribution >= 4 is 12.1 Å². The molecule has 126 valence electrons. The zero-order chi connectivity index (χ0) is 17.1. The lowest BCUT2D eigenvalue weighted by Crippen LogP contribution is -2.49. The SMILES string of the molecule is CCOC(=O)/C(C)=C/C1COC(C)(C)N1C(=O)OC(C)(C)C. The number of amides is 1. The van der Waals surface area contributed by atoms with Gasteiger partial charge in [-0.15, -0.1) is 0 Å². The first kappa shape index (κ1) is 18.5. The molecule has 22 heavy (non-hydrogen) atoms. The quantitative estimate of drug-likeness (QED) is 0.592. The first-order chi connectivity index (χ1) is 9.98. The summed E-state index contributed by atoms with van der Waals surface area (Å²) in [6.07, 6.45) is 1.23. The van der Waals surface area contributed by atoms with Gasteiger partial charge in [-0.1, -0.05) is 0 Å². The first-order valence-electron chi connectivity index (χ1n) is 7.49. The van der Waals surface area contributed by atoms with Crippen LogP contribution in [0.3, 0.4) is 0 Å². The minimum absolute atomic E-state index is 0.309. The van der Waals surface area contributed by atoms with Crippen LogP contribution in [0.4, 0.5) is 4.79 Å². The number of hydrogen-bond acceptors (Lipinski definition) is 5. The summed E-state index contributed by atoms with van der Waals surface area (Å²) >= 11 is 0. The van der Waals surface area contributed by atoms with Crippen LogP contribution in [0.5, 0.6) is 0 Å². The van der Waals surface area contributed by atoms with Crippen LogP contribution in [0, 0.1) is 0 Å². The van der Waals surface area contributed by atoms with E-state index in [1.54, 1.807) is 33.8 Å². The minimum atomic E-state index is -0.793. The van der Waals surface area contributed by atoms with E-state index in [-0.39, 0.29) is 6.04 Å². The summed E-state index contributed by atoms with van der Waals surface area (Å²) in [5.74, 6) is -0.392. The number of carbonyl (C=O) groups excluding carboxylic acids is 2. The topological polar surface area (TPSA) is 65.1 Å². The molecule has 1 amide bonds. The monoisotopic (exact) mass is 313 g/mol.